The predicted octanol–water partition coefficient (Wildman–Crippen LogP) is 1.57. The first-order valence-electron chi connectivity index (χ1n) is 9.25. The highest BCUT2D eigenvalue weighted by atomic mass is 16.6. The Balaban J connectivity index is 1.67. The summed E-state index contributed by atoms with van der Waals surface area (Å²) in [6.45, 7) is 3.28. The van der Waals surface area contributed by atoms with Crippen LogP contribution in [0.25, 0.3) is 0 Å². The molecule has 2 N–H and O–H groups in total. The van der Waals surface area contributed by atoms with Crippen LogP contribution in [0.1, 0.15) is 32.6 Å². The summed E-state index contributed by atoms with van der Waals surface area (Å²) in [7, 11) is 0. The lowest BCUT2D eigenvalue weighted by atomic mass is 10.1. The van der Waals surface area contributed by atoms with Crippen molar-refractivity contribution >= 4 is 23.5 Å². The fourth-order valence-electron chi connectivity index (χ4n) is 3.32. The lowest BCUT2D eigenvalue weighted by Crippen LogP contribution is -2.45. The van der Waals surface area contributed by atoms with Gasteiger partial charge < -0.3 is 24.8 Å². The largest absolute Gasteiger partial charge is 0.486 e. The highest BCUT2D eigenvalue weighted by molar-refractivity contribution is 6.10. The molecule has 2 aliphatic rings. The highest BCUT2D eigenvalue weighted by Crippen LogP contribution is 2.36. The summed E-state index contributed by atoms with van der Waals surface area (Å²) >= 11 is 0. The summed E-state index contributed by atoms with van der Waals surface area (Å²) in [6, 6.07) is 4.27. The molecule has 0 bridgehead atoms. The Labute approximate surface area is 157 Å². The van der Waals surface area contributed by atoms with Gasteiger partial charge >= 0.3 is 5.97 Å². The molecular weight excluding hydrogens is 352 g/mol. The maximum absolute atomic E-state index is 12.7. The number of nitrogens with zero attached hydrogens (tertiary/aromatic N) is 1. The van der Waals surface area contributed by atoms with Gasteiger partial charge in [-0.3, -0.25) is 9.59 Å². The fraction of sp³-hybridized carbons (Fsp3) is 0.526. The van der Waals surface area contributed by atoms with Crippen molar-refractivity contribution < 1.29 is 29.0 Å². The van der Waals surface area contributed by atoms with Gasteiger partial charge in [-0.25, -0.2) is 4.79 Å². The van der Waals surface area contributed by atoms with E-state index in [9.17, 15) is 19.5 Å². The Hall–Kier alpha value is -2.77. The van der Waals surface area contributed by atoms with Crippen LogP contribution in [0.3, 0.4) is 0 Å². The minimum Gasteiger partial charge on any atom is -0.486 e. The number of hydrogen-bond acceptors (Lipinski definition) is 5. The van der Waals surface area contributed by atoms with Crippen LogP contribution in [0, 0.1) is 5.92 Å². The third-order valence-corrected chi connectivity index (χ3v) is 4.82. The zero-order valence-electron chi connectivity index (χ0n) is 15.3. The van der Waals surface area contributed by atoms with Crippen molar-refractivity contribution in [2.45, 2.75) is 38.6 Å². The minimum absolute atomic E-state index is 0.330. The van der Waals surface area contributed by atoms with Gasteiger partial charge in [0, 0.05) is 18.3 Å². The van der Waals surface area contributed by atoms with E-state index in [-0.39, 0.29) is 5.91 Å². The van der Waals surface area contributed by atoms with E-state index < -0.39 is 23.8 Å². The molecule has 2 heterocycles. The lowest BCUT2D eigenvalue weighted by molar-refractivity contribution is -0.143. The van der Waals surface area contributed by atoms with Gasteiger partial charge in [0.2, 0.25) is 11.8 Å². The van der Waals surface area contributed by atoms with Crippen molar-refractivity contribution in [3.05, 3.63) is 18.2 Å². The molecule has 27 heavy (non-hydrogen) atoms. The van der Waals surface area contributed by atoms with Gasteiger partial charge in [-0.15, -0.1) is 0 Å². The Bertz CT molecular complexity index is 735. The third-order valence-electron chi connectivity index (χ3n) is 4.82. The normalized spacial score (nSPS) is 19.7. The molecule has 3 rings (SSSR count). The van der Waals surface area contributed by atoms with Crippen molar-refractivity contribution in [1.82, 2.24) is 5.32 Å². The number of carbonyl (C=O) groups is 3. The van der Waals surface area contributed by atoms with E-state index >= 15 is 0 Å². The number of ether oxygens (including phenoxy) is 2. The summed E-state index contributed by atoms with van der Waals surface area (Å²) in [6.07, 6.45) is 2.22. The van der Waals surface area contributed by atoms with E-state index in [0.717, 1.165) is 6.42 Å². The minimum atomic E-state index is -1.08. The molecule has 1 aromatic rings. The van der Waals surface area contributed by atoms with Crippen molar-refractivity contribution in [1.29, 1.82) is 0 Å². The number of benzene rings is 1. The average molecular weight is 376 g/mol. The van der Waals surface area contributed by atoms with Crippen molar-refractivity contribution in [2.75, 3.05) is 24.7 Å². The Morgan fingerprint density at radius 1 is 1.30 bits per heavy atom. The second-order valence-corrected chi connectivity index (χ2v) is 6.70. The molecule has 0 radical (unpaired) electrons. The van der Waals surface area contributed by atoms with E-state index in [1.54, 1.807) is 18.2 Å². The number of nitrogens with one attached hydrogen (secondary N) is 1. The Kier molecular flexibility index (Phi) is 5.83. The SMILES string of the molecule is CCCC[C@H](NC(=O)C1CCN(c2ccc3c(c2)OCCO3)C1=O)C(=O)O. The van der Waals surface area contributed by atoms with Crippen LogP contribution in [0.15, 0.2) is 18.2 Å². The Morgan fingerprint density at radius 2 is 2.04 bits per heavy atom. The van der Waals surface area contributed by atoms with Gasteiger partial charge in [-0.05, 0) is 25.0 Å². The summed E-state index contributed by atoms with van der Waals surface area (Å²) in [4.78, 5) is 38.1. The fourth-order valence-corrected chi connectivity index (χ4v) is 3.32. The van der Waals surface area contributed by atoms with Crippen molar-refractivity contribution in [3.63, 3.8) is 0 Å². The number of rotatable bonds is 7. The zero-order chi connectivity index (χ0) is 19.4. The maximum Gasteiger partial charge on any atom is 0.326 e. The highest BCUT2D eigenvalue weighted by Gasteiger charge is 2.39. The first-order valence-corrected chi connectivity index (χ1v) is 9.25. The average Bonchev–Trinajstić information content (AvgIpc) is 3.05. The molecule has 2 atom stereocenters. The number of carboxylic acids is 1. The summed E-state index contributed by atoms with van der Waals surface area (Å²) in [5.41, 5.74) is 0.639. The van der Waals surface area contributed by atoms with Crippen molar-refractivity contribution in [3.8, 4) is 11.5 Å². The lowest BCUT2D eigenvalue weighted by Gasteiger charge is -2.22. The summed E-state index contributed by atoms with van der Waals surface area (Å²) < 4.78 is 11.0. The molecule has 2 amide bonds. The smallest absolute Gasteiger partial charge is 0.326 e. The van der Waals surface area contributed by atoms with Crippen LogP contribution in [0.5, 0.6) is 11.5 Å². The number of aliphatic carboxylic acids is 1. The number of carbonyl (C=O) groups excluding carboxylic acids is 2. The van der Waals surface area contributed by atoms with Gasteiger partial charge in [-0.1, -0.05) is 19.8 Å². The first kappa shape index (κ1) is 19.0. The van der Waals surface area contributed by atoms with Crippen LogP contribution in [-0.4, -0.2) is 48.7 Å². The predicted molar refractivity (Wildman–Crippen MR) is 97.0 cm³/mol. The van der Waals surface area contributed by atoms with Gasteiger partial charge in [0.25, 0.3) is 0 Å². The van der Waals surface area contributed by atoms with E-state index in [1.807, 2.05) is 6.92 Å². The van der Waals surface area contributed by atoms with Crippen LogP contribution >= 0.6 is 0 Å². The van der Waals surface area contributed by atoms with E-state index in [2.05, 4.69) is 5.32 Å². The molecule has 0 saturated carbocycles. The van der Waals surface area contributed by atoms with Crippen LogP contribution in [0.2, 0.25) is 0 Å². The molecule has 8 heteroatoms. The van der Waals surface area contributed by atoms with Crippen LogP contribution in [-0.2, 0) is 14.4 Å². The number of unbranched alkanes of at least 4 members (excludes halogenated alkanes) is 1. The third kappa shape index (κ3) is 4.15. The van der Waals surface area contributed by atoms with E-state index in [4.69, 9.17) is 9.47 Å². The maximum atomic E-state index is 12.7. The topological polar surface area (TPSA) is 105 Å². The molecule has 8 nitrogen and oxygen atoms in total. The van der Waals surface area contributed by atoms with Crippen LogP contribution < -0.4 is 19.7 Å². The van der Waals surface area contributed by atoms with Gasteiger partial charge in [-0.2, -0.15) is 0 Å². The second kappa shape index (κ2) is 8.28. The van der Waals surface area contributed by atoms with E-state index in [0.29, 0.717) is 56.2 Å². The number of carboxylic acid groups (broad SMARTS) is 1. The molecule has 0 aliphatic carbocycles. The zero-order valence-corrected chi connectivity index (χ0v) is 15.3. The summed E-state index contributed by atoms with van der Waals surface area (Å²) in [5.74, 6) is -1.60. The standard InChI is InChI=1S/C19H24N2O6/c1-2-3-4-14(19(24)25)20-17(22)13-7-8-21(18(13)23)12-5-6-15-16(11-12)27-10-9-26-15/h5-6,11,13-14H,2-4,7-10H2,1H3,(H,20,22)(H,24,25)/t13?,14-/m0/s1. The molecule has 0 spiro atoms. The molecule has 1 fully saturated rings. The molecule has 2 aliphatic heterocycles. The molecule has 0 aromatic heterocycles. The molecular formula is C19H24N2O6. The monoisotopic (exact) mass is 376 g/mol. The number of hydrogen-bond donors (Lipinski definition) is 2. The quantitative estimate of drug-likeness (QED) is 0.700. The van der Waals surface area contributed by atoms with E-state index in [1.165, 1.54) is 4.90 Å². The number of amides is 2. The van der Waals surface area contributed by atoms with Crippen LogP contribution in [0.4, 0.5) is 5.69 Å². The number of fused-ring (bicyclic) bond motifs is 1. The summed E-state index contributed by atoms with van der Waals surface area (Å²) in [5, 5.41) is 11.8. The number of anilines is 1. The molecule has 146 valence electrons. The van der Waals surface area contributed by atoms with Gasteiger partial charge in [0.1, 0.15) is 25.2 Å². The van der Waals surface area contributed by atoms with Gasteiger partial charge in [0.05, 0.1) is 0 Å². The van der Waals surface area contributed by atoms with Crippen molar-refractivity contribution in [2.24, 2.45) is 5.92 Å². The molecule has 1 aromatic carbocycles. The second-order valence-electron chi connectivity index (χ2n) is 6.70. The molecule has 1 saturated heterocycles. The molecule has 1 unspecified atom stereocenters. The van der Waals surface area contributed by atoms with Gasteiger partial charge in [0.15, 0.2) is 11.5 Å². The Morgan fingerprint density at radius 3 is 2.74 bits per heavy atom. The first-order chi connectivity index (χ1) is 13.0.